The maximum Gasteiger partial charge on any atom is 0.182 e. The Morgan fingerprint density at radius 1 is 1.30 bits per heavy atom. The van der Waals surface area contributed by atoms with E-state index >= 15 is 0 Å². The first kappa shape index (κ1) is 14.8. The van der Waals surface area contributed by atoms with Crippen LogP contribution < -0.4 is 11.1 Å². The summed E-state index contributed by atoms with van der Waals surface area (Å²) in [6.07, 6.45) is 4.13. The molecule has 1 aliphatic heterocycles. The molecule has 1 unspecified atom stereocenters. The molecule has 3 aromatic heterocycles. The minimum atomic E-state index is 0.374. The standard InChI is InChI=1S/C15H18N6S2/c16-15-20-12-13(18-9-19-14(12)23-15)17-8-10(11-4-3-7-22-11)21-5-1-2-6-21/h3-4,7,9-10H,1-2,5-6,8H2,(H2,16,20)(H,17,18,19). The molecule has 8 heteroatoms. The Morgan fingerprint density at radius 3 is 2.96 bits per heavy atom. The number of rotatable bonds is 5. The van der Waals surface area contributed by atoms with Gasteiger partial charge in [0.2, 0.25) is 0 Å². The van der Waals surface area contributed by atoms with Gasteiger partial charge in [0.1, 0.15) is 11.8 Å². The van der Waals surface area contributed by atoms with Crippen molar-refractivity contribution in [2.45, 2.75) is 18.9 Å². The van der Waals surface area contributed by atoms with Crippen molar-refractivity contribution in [1.29, 1.82) is 0 Å². The number of nitrogens with zero attached hydrogens (tertiary/aromatic N) is 4. The molecule has 0 bridgehead atoms. The van der Waals surface area contributed by atoms with Gasteiger partial charge in [0.15, 0.2) is 15.8 Å². The smallest absolute Gasteiger partial charge is 0.182 e. The van der Waals surface area contributed by atoms with Crippen LogP contribution >= 0.6 is 22.7 Å². The molecule has 0 aliphatic carbocycles. The van der Waals surface area contributed by atoms with Crippen molar-refractivity contribution < 1.29 is 0 Å². The Morgan fingerprint density at radius 2 is 2.17 bits per heavy atom. The van der Waals surface area contributed by atoms with Crippen LogP contribution in [-0.2, 0) is 0 Å². The van der Waals surface area contributed by atoms with E-state index in [9.17, 15) is 0 Å². The lowest BCUT2D eigenvalue weighted by Crippen LogP contribution is -2.30. The lowest BCUT2D eigenvalue weighted by Gasteiger charge is -2.27. The fraction of sp³-hybridized carbons (Fsp3) is 0.400. The van der Waals surface area contributed by atoms with Crippen LogP contribution in [0.5, 0.6) is 0 Å². The first-order valence-electron chi connectivity index (χ1n) is 7.69. The first-order valence-corrected chi connectivity index (χ1v) is 9.39. The molecule has 0 aromatic carbocycles. The summed E-state index contributed by atoms with van der Waals surface area (Å²) in [5.41, 5.74) is 6.56. The zero-order valence-corrected chi connectivity index (χ0v) is 14.2. The van der Waals surface area contributed by atoms with Crippen molar-refractivity contribution >= 4 is 44.0 Å². The highest BCUT2D eigenvalue weighted by Crippen LogP contribution is 2.30. The van der Waals surface area contributed by atoms with Gasteiger partial charge in [-0.25, -0.2) is 15.0 Å². The molecule has 23 heavy (non-hydrogen) atoms. The van der Waals surface area contributed by atoms with Gasteiger partial charge in [0, 0.05) is 11.4 Å². The van der Waals surface area contributed by atoms with Gasteiger partial charge in [-0.05, 0) is 37.4 Å². The normalized spacial score (nSPS) is 16.9. The van der Waals surface area contributed by atoms with Gasteiger partial charge in [0.05, 0.1) is 6.04 Å². The molecule has 6 nitrogen and oxygen atoms in total. The Hall–Kier alpha value is -1.77. The van der Waals surface area contributed by atoms with Crippen LogP contribution in [-0.4, -0.2) is 39.5 Å². The third-order valence-corrected chi connectivity index (χ3v) is 5.89. The van der Waals surface area contributed by atoms with Gasteiger partial charge in [-0.2, -0.15) is 0 Å². The lowest BCUT2D eigenvalue weighted by molar-refractivity contribution is 0.259. The van der Waals surface area contributed by atoms with E-state index in [1.807, 2.05) is 11.3 Å². The highest BCUT2D eigenvalue weighted by Gasteiger charge is 2.24. The molecule has 1 aliphatic rings. The maximum absolute atomic E-state index is 5.80. The number of likely N-dealkylation sites (tertiary alicyclic amines) is 1. The molecule has 3 N–H and O–H groups in total. The molecule has 1 saturated heterocycles. The van der Waals surface area contributed by atoms with E-state index in [0.717, 1.165) is 35.8 Å². The van der Waals surface area contributed by atoms with Crippen LogP contribution in [0, 0.1) is 0 Å². The highest BCUT2D eigenvalue weighted by atomic mass is 32.1. The summed E-state index contributed by atoms with van der Waals surface area (Å²) in [4.78, 5) is 17.7. The predicted molar refractivity (Wildman–Crippen MR) is 96.0 cm³/mol. The molecule has 1 atom stereocenters. The topological polar surface area (TPSA) is 80.0 Å². The summed E-state index contributed by atoms with van der Waals surface area (Å²) in [5.74, 6) is 0.767. The molecule has 120 valence electrons. The monoisotopic (exact) mass is 346 g/mol. The fourth-order valence-electron chi connectivity index (χ4n) is 3.04. The Kier molecular flexibility index (Phi) is 4.11. The van der Waals surface area contributed by atoms with Crippen molar-refractivity contribution in [3.8, 4) is 0 Å². The lowest BCUT2D eigenvalue weighted by atomic mass is 10.2. The van der Waals surface area contributed by atoms with E-state index in [0.29, 0.717) is 11.2 Å². The molecule has 1 fully saturated rings. The number of aromatic nitrogens is 3. The Labute approximate surface area is 142 Å². The summed E-state index contributed by atoms with van der Waals surface area (Å²) in [5, 5.41) is 6.14. The second-order valence-electron chi connectivity index (χ2n) is 5.58. The van der Waals surface area contributed by atoms with E-state index in [2.05, 4.69) is 42.7 Å². The van der Waals surface area contributed by atoms with Crippen molar-refractivity contribution in [2.75, 3.05) is 30.7 Å². The molecule has 3 aromatic rings. The zero-order valence-electron chi connectivity index (χ0n) is 12.6. The fourth-order valence-corrected chi connectivity index (χ4v) is 4.57. The van der Waals surface area contributed by atoms with Crippen LogP contribution in [0.1, 0.15) is 23.8 Å². The van der Waals surface area contributed by atoms with Gasteiger partial charge in [-0.3, -0.25) is 4.90 Å². The summed E-state index contributed by atoms with van der Waals surface area (Å²) in [7, 11) is 0. The van der Waals surface area contributed by atoms with Crippen molar-refractivity contribution in [1.82, 2.24) is 19.9 Å². The number of hydrogen-bond acceptors (Lipinski definition) is 8. The van der Waals surface area contributed by atoms with E-state index in [4.69, 9.17) is 5.73 Å². The second kappa shape index (κ2) is 6.38. The van der Waals surface area contributed by atoms with Crippen molar-refractivity contribution in [3.05, 3.63) is 28.7 Å². The van der Waals surface area contributed by atoms with E-state index in [1.165, 1.54) is 29.1 Å². The number of nitrogen functional groups attached to an aromatic ring is 1. The first-order chi connectivity index (χ1) is 11.3. The summed E-state index contributed by atoms with van der Waals surface area (Å²) in [6, 6.07) is 4.71. The largest absolute Gasteiger partial charge is 0.375 e. The summed E-state index contributed by atoms with van der Waals surface area (Å²) >= 11 is 3.20. The van der Waals surface area contributed by atoms with Crippen LogP contribution in [0.2, 0.25) is 0 Å². The minimum Gasteiger partial charge on any atom is -0.375 e. The quantitative estimate of drug-likeness (QED) is 0.739. The molecule has 0 spiro atoms. The number of nitrogens with one attached hydrogen (secondary N) is 1. The van der Waals surface area contributed by atoms with Gasteiger partial charge < -0.3 is 11.1 Å². The average Bonchev–Trinajstić information content (AvgIpc) is 3.28. The predicted octanol–water partition coefficient (Wildman–Crippen LogP) is 2.98. The molecular weight excluding hydrogens is 328 g/mol. The number of fused-ring (bicyclic) bond motifs is 1. The molecule has 4 heterocycles. The third kappa shape index (κ3) is 3.01. The van der Waals surface area contributed by atoms with E-state index in [1.54, 1.807) is 6.33 Å². The van der Waals surface area contributed by atoms with Gasteiger partial charge in [0.25, 0.3) is 0 Å². The maximum atomic E-state index is 5.80. The number of thiazole rings is 1. The van der Waals surface area contributed by atoms with Crippen LogP contribution in [0.3, 0.4) is 0 Å². The summed E-state index contributed by atoms with van der Waals surface area (Å²) < 4.78 is 0. The molecule has 0 radical (unpaired) electrons. The second-order valence-corrected chi connectivity index (χ2v) is 7.57. The number of hydrogen-bond donors (Lipinski definition) is 2. The van der Waals surface area contributed by atoms with Gasteiger partial charge >= 0.3 is 0 Å². The Balaban J connectivity index is 1.57. The Bertz CT molecular complexity index is 778. The molecule has 0 saturated carbocycles. The average molecular weight is 346 g/mol. The van der Waals surface area contributed by atoms with Crippen molar-refractivity contribution in [2.24, 2.45) is 0 Å². The van der Waals surface area contributed by atoms with Gasteiger partial charge in [-0.15, -0.1) is 11.3 Å². The zero-order chi connectivity index (χ0) is 15.6. The number of thiophene rings is 1. The number of anilines is 2. The molecule has 4 rings (SSSR count). The van der Waals surface area contributed by atoms with Crippen LogP contribution in [0.4, 0.5) is 10.9 Å². The van der Waals surface area contributed by atoms with Crippen LogP contribution in [0.25, 0.3) is 10.3 Å². The van der Waals surface area contributed by atoms with E-state index in [-0.39, 0.29) is 0 Å². The highest BCUT2D eigenvalue weighted by molar-refractivity contribution is 7.21. The molecular formula is C15H18N6S2. The third-order valence-electron chi connectivity index (χ3n) is 4.13. The van der Waals surface area contributed by atoms with Crippen molar-refractivity contribution in [3.63, 3.8) is 0 Å². The number of nitrogens with two attached hydrogens (primary N) is 1. The molecule has 0 amide bonds. The summed E-state index contributed by atoms with van der Waals surface area (Å²) in [6.45, 7) is 3.13. The van der Waals surface area contributed by atoms with Crippen LogP contribution in [0.15, 0.2) is 23.8 Å². The SMILES string of the molecule is Nc1nc2c(NCC(c3cccs3)N3CCCC3)ncnc2s1. The van der Waals surface area contributed by atoms with E-state index < -0.39 is 0 Å². The minimum absolute atomic E-state index is 0.374. The van der Waals surface area contributed by atoms with Gasteiger partial charge in [-0.1, -0.05) is 17.4 Å².